The van der Waals surface area contributed by atoms with E-state index in [9.17, 15) is 18.0 Å². The Labute approximate surface area is 193 Å². The fourth-order valence-corrected chi connectivity index (χ4v) is 4.29. The van der Waals surface area contributed by atoms with Gasteiger partial charge in [-0.1, -0.05) is 46.5 Å². The summed E-state index contributed by atoms with van der Waals surface area (Å²) in [5, 5.41) is 18.4. The predicted molar refractivity (Wildman–Crippen MR) is 118 cm³/mol. The Kier molecular flexibility index (Phi) is 6.60. The normalized spacial score (nSPS) is 11.4. The number of rotatable bonds is 7. The van der Waals surface area contributed by atoms with Gasteiger partial charge < -0.3 is 15.2 Å². The SMILES string of the molecule is CC(=O)Nc1cccc(Nc2nnc(SCc3nc(-c4ccc(C(F)(F)F)cc4)no3)s2)c1. The summed E-state index contributed by atoms with van der Waals surface area (Å²) in [6, 6.07) is 11.7. The topological polar surface area (TPSA) is 106 Å². The van der Waals surface area contributed by atoms with Crippen LogP contribution in [0.1, 0.15) is 18.4 Å². The van der Waals surface area contributed by atoms with Gasteiger partial charge in [-0.15, -0.1) is 10.2 Å². The third-order valence-corrected chi connectivity index (χ3v) is 6.06. The molecule has 0 bridgehead atoms. The van der Waals surface area contributed by atoms with E-state index in [1.54, 1.807) is 18.2 Å². The predicted octanol–water partition coefficient (Wildman–Crippen LogP) is 5.60. The van der Waals surface area contributed by atoms with E-state index in [2.05, 4.69) is 31.0 Å². The van der Waals surface area contributed by atoms with Crippen LogP contribution in [0, 0.1) is 0 Å². The molecule has 33 heavy (non-hydrogen) atoms. The van der Waals surface area contributed by atoms with Gasteiger partial charge in [0.15, 0.2) is 4.34 Å². The van der Waals surface area contributed by atoms with Crippen LogP contribution in [0.15, 0.2) is 57.4 Å². The number of carbonyl (C=O) groups is 1. The van der Waals surface area contributed by atoms with Crippen molar-refractivity contribution >= 4 is 45.5 Å². The van der Waals surface area contributed by atoms with E-state index in [4.69, 9.17) is 4.52 Å². The van der Waals surface area contributed by atoms with Crippen molar-refractivity contribution in [2.75, 3.05) is 10.6 Å². The number of anilines is 3. The Balaban J connectivity index is 1.35. The summed E-state index contributed by atoms with van der Waals surface area (Å²) in [5.74, 6) is 0.671. The molecule has 0 atom stereocenters. The molecule has 4 aromatic rings. The molecule has 170 valence electrons. The van der Waals surface area contributed by atoms with Crippen LogP contribution in [0.2, 0.25) is 0 Å². The molecule has 0 saturated heterocycles. The van der Waals surface area contributed by atoms with Gasteiger partial charge in [0, 0.05) is 23.9 Å². The lowest BCUT2D eigenvalue weighted by Gasteiger charge is -2.05. The van der Waals surface area contributed by atoms with Crippen LogP contribution in [-0.2, 0) is 16.7 Å². The summed E-state index contributed by atoms with van der Waals surface area (Å²) in [6.07, 6.45) is -4.40. The number of alkyl halides is 3. The highest BCUT2D eigenvalue weighted by molar-refractivity contribution is 8.00. The van der Waals surface area contributed by atoms with Crippen LogP contribution < -0.4 is 10.6 Å². The van der Waals surface area contributed by atoms with Crippen molar-refractivity contribution in [1.82, 2.24) is 20.3 Å². The van der Waals surface area contributed by atoms with E-state index < -0.39 is 11.7 Å². The first-order chi connectivity index (χ1) is 15.8. The maximum atomic E-state index is 12.7. The molecule has 0 fully saturated rings. The maximum Gasteiger partial charge on any atom is 0.416 e. The molecule has 8 nitrogen and oxygen atoms in total. The summed E-state index contributed by atoms with van der Waals surface area (Å²) >= 11 is 2.65. The van der Waals surface area contributed by atoms with Crippen LogP contribution in [-0.4, -0.2) is 26.2 Å². The number of benzene rings is 2. The molecule has 2 aromatic heterocycles. The van der Waals surface area contributed by atoms with E-state index in [0.717, 1.165) is 17.8 Å². The minimum Gasteiger partial charge on any atom is -0.338 e. The van der Waals surface area contributed by atoms with Crippen molar-refractivity contribution in [1.29, 1.82) is 0 Å². The van der Waals surface area contributed by atoms with Gasteiger partial charge in [-0.05, 0) is 30.3 Å². The molecular weight excluding hydrogens is 477 g/mol. The average molecular weight is 493 g/mol. The minimum atomic E-state index is -4.40. The number of halogens is 3. The number of thioether (sulfide) groups is 1. The Morgan fingerprint density at radius 2 is 1.88 bits per heavy atom. The van der Waals surface area contributed by atoms with Gasteiger partial charge in [-0.25, -0.2) is 0 Å². The molecule has 13 heteroatoms. The molecule has 0 aliphatic heterocycles. The Hall–Kier alpha value is -3.45. The number of hydrogen-bond donors (Lipinski definition) is 2. The summed E-state index contributed by atoms with van der Waals surface area (Å²) < 4.78 is 43.9. The van der Waals surface area contributed by atoms with Crippen LogP contribution >= 0.6 is 23.1 Å². The first-order valence-corrected chi connectivity index (χ1v) is 11.2. The van der Waals surface area contributed by atoms with Gasteiger partial charge >= 0.3 is 6.18 Å². The number of hydrogen-bond acceptors (Lipinski definition) is 9. The van der Waals surface area contributed by atoms with Crippen LogP contribution in [0.4, 0.5) is 29.7 Å². The summed E-state index contributed by atoms with van der Waals surface area (Å²) in [7, 11) is 0. The maximum absolute atomic E-state index is 12.7. The zero-order valence-corrected chi connectivity index (χ0v) is 18.5. The second kappa shape index (κ2) is 9.58. The number of amides is 1. The molecule has 0 radical (unpaired) electrons. The molecule has 0 unspecified atom stereocenters. The van der Waals surface area contributed by atoms with Crippen molar-refractivity contribution < 1.29 is 22.5 Å². The lowest BCUT2D eigenvalue weighted by Crippen LogP contribution is -2.05. The standard InChI is InChI=1S/C20H15F3N6O2S2/c1-11(30)24-14-3-2-4-15(9-14)25-18-27-28-19(33-18)32-10-16-26-17(29-31-16)12-5-7-13(8-6-12)20(21,22)23/h2-9H,10H2,1H3,(H,24,30)(H,25,27). The zero-order chi connectivity index (χ0) is 23.4. The zero-order valence-electron chi connectivity index (χ0n) is 16.9. The molecule has 4 rings (SSSR count). The Morgan fingerprint density at radius 1 is 1.12 bits per heavy atom. The third-order valence-electron chi connectivity index (χ3n) is 4.10. The lowest BCUT2D eigenvalue weighted by molar-refractivity contribution is -0.137. The Morgan fingerprint density at radius 3 is 2.61 bits per heavy atom. The first-order valence-electron chi connectivity index (χ1n) is 9.37. The molecule has 1 amide bonds. The van der Waals surface area contributed by atoms with Gasteiger partial charge in [0.25, 0.3) is 0 Å². The van der Waals surface area contributed by atoms with Crippen molar-refractivity contribution in [2.24, 2.45) is 0 Å². The molecule has 0 spiro atoms. The highest BCUT2D eigenvalue weighted by Gasteiger charge is 2.30. The first kappa shape index (κ1) is 22.7. The second-order valence-electron chi connectivity index (χ2n) is 6.64. The molecule has 2 N–H and O–H groups in total. The summed E-state index contributed by atoms with van der Waals surface area (Å²) in [5.41, 5.74) is 1.08. The number of nitrogens with one attached hydrogen (secondary N) is 2. The van der Waals surface area contributed by atoms with Gasteiger partial charge in [0.05, 0.1) is 11.3 Å². The molecule has 0 aliphatic rings. The van der Waals surface area contributed by atoms with Gasteiger partial charge in [-0.2, -0.15) is 18.2 Å². The fourth-order valence-electron chi connectivity index (χ4n) is 2.68. The molecule has 2 aromatic carbocycles. The van der Waals surface area contributed by atoms with E-state index in [1.165, 1.54) is 42.2 Å². The molecule has 0 saturated carbocycles. The highest BCUT2D eigenvalue weighted by Crippen LogP contribution is 2.32. The van der Waals surface area contributed by atoms with Gasteiger partial charge in [-0.3, -0.25) is 4.79 Å². The number of nitrogens with zero attached hydrogens (tertiary/aromatic N) is 4. The van der Waals surface area contributed by atoms with E-state index >= 15 is 0 Å². The van der Waals surface area contributed by atoms with Crippen molar-refractivity contribution in [3.8, 4) is 11.4 Å². The van der Waals surface area contributed by atoms with Crippen molar-refractivity contribution in [3.05, 3.63) is 60.0 Å². The quantitative estimate of drug-likeness (QED) is 0.321. The number of aromatic nitrogens is 4. The van der Waals surface area contributed by atoms with Crippen LogP contribution in [0.3, 0.4) is 0 Å². The largest absolute Gasteiger partial charge is 0.416 e. The number of carbonyl (C=O) groups excluding carboxylic acids is 1. The van der Waals surface area contributed by atoms with Crippen molar-refractivity contribution in [2.45, 2.75) is 23.2 Å². The van der Waals surface area contributed by atoms with E-state index in [-0.39, 0.29) is 11.7 Å². The van der Waals surface area contributed by atoms with Crippen molar-refractivity contribution in [3.63, 3.8) is 0 Å². The summed E-state index contributed by atoms with van der Waals surface area (Å²) in [6.45, 7) is 1.43. The summed E-state index contributed by atoms with van der Waals surface area (Å²) in [4.78, 5) is 15.4. The second-order valence-corrected chi connectivity index (χ2v) is 8.84. The molecular formula is C20H15F3N6O2S2. The average Bonchev–Trinajstić information content (AvgIpc) is 3.41. The van der Waals surface area contributed by atoms with Crippen LogP contribution in [0.5, 0.6) is 0 Å². The lowest BCUT2D eigenvalue weighted by atomic mass is 10.1. The molecule has 2 heterocycles. The van der Waals surface area contributed by atoms with Gasteiger partial charge in [0.2, 0.25) is 22.8 Å². The Bertz CT molecular complexity index is 1260. The monoisotopic (exact) mass is 492 g/mol. The smallest absolute Gasteiger partial charge is 0.338 e. The van der Waals surface area contributed by atoms with E-state index in [0.29, 0.717) is 32.4 Å². The fraction of sp³-hybridized carbons (Fsp3) is 0.150. The van der Waals surface area contributed by atoms with Crippen LogP contribution in [0.25, 0.3) is 11.4 Å². The third kappa shape index (κ3) is 6.08. The van der Waals surface area contributed by atoms with Gasteiger partial charge in [0.1, 0.15) is 0 Å². The highest BCUT2D eigenvalue weighted by atomic mass is 32.2. The molecule has 0 aliphatic carbocycles. The van der Waals surface area contributed by atoms with E-state index in [1.807, 2.05) is 6.07 Å². The minimum absolute atomic E-state index is 0.163.